The van der Waals surface area contributed by atoms with E-state index >= 15 is 0 Å². The van der Waals surface area contributed by atoms with E-state index in [9.17, 15) is 9.59 Å². The van der Waals surface area contributed by atoms with E-state index in [1.165, 1.54) is 24.2 Å². The lowest BCUT2D eigenvalue weighted by molar-refractivity contribution is -0.135. The van der Waals surface area contributed by atoms with Crippen molar-refractivity contribution in [1.82, 2.24) is 20.4 Å². The highest BCUT2D eigenvalue weighted by Crippen LogP contribution is 2.26. The Morgan fingerprint density at radius 1 is 1.16 bits per heavy atom. The van der Waals surface area contributed by atoms with Gasteiger partial charge >= 0.3 is 0 Å². The molecule has 1 saturated heterocycles. The molecule has 142 valence electrons. The van der Waals surface area contributed by atoms with Crippen LogP contribution in [0.3, 0.4) is 0 Å². The van der Waals surface area contributed by atoms with Crippen LogP contribution in [0, 0.1) is 5.92 Å². The van der Waals surface area contributed by atoms with Gasteiger partial charge in [0.05, 0.1) is 0 Å². The van der Waals surface area contributed by atoms with Crippen molar-refractivity contribution in [2.45, 2.75) is 51.5 Å². The van der Waals surface area contributed by atoms with E-state index < -0.39 is 0 Å². The van der Waals surface area contributed by atoms with Gasteiger partial charge in [0, 0.05) is 45.7 Å². The molecule has 1 aliphatic carbocycles. The summed E-state index contributed by atoms with van der Waals surface area (Å²) >= 11 is 0. The molecule has 0 aromatic heterocycles. The Labute approximate surface area is 151 Å². The maximum Gasteiger partial charge on any atom is 0.243 e. The number of guanidine groups is 1. The molecule has 1 saturated carbocycles. The number of nitrogens with zero attached hydrogens (tertiary/aromatic N) is 3. The fourth-order valence-corrected chi connectivity index (χ4v) is 3.49. The first-order chi connectivity index (χ1) is 12.0. The Morgan fingerprint density at radius 3 is 2.52 bits per heavy atom. The lowest BCUT2D eigenvalue weighted by Gasteiger charge is -2.26. The quantitative estimate of drug-likeness (QED) is 0.568. The molecule has 0 aromatic carbocycles. The van der Waals surface area contributed by atoms with E-state index in [2.05, 4.69) is 15.6 Å². The van der Waals surface area contributed by atoms with Gasteiger partial charge in [-0.2, -0.15) is 0 Å². The smallest absolute Gasteiger partial charge is 0.243 e. The van der Waals surface area contributed by atoms with Crippen molar-refractivity contribution in [3.63, 3.8) is 0 Å². The third-order valence-electron chi connectivity index (χ3n) is 5.01. The van der Waals surface area contributed by atoms with Crippen LogP contribution in [0.1, 0.15) is 45.4 Å². The fourth-order valence-electron chi connectivity index (χ4n) is 3.49. The Balaban J connectivity index is 1.85. The van der Waals surface area contributed by atoms with E-state index in [1.807, 2.05) is 11.8 Å². The Morgan fingerprint density at radius 2 is 1.88 bits per heavy atom. The number of rotatable bonds is 5. The number of carbonyl (C=O) groups excluding carboxylic acids is 2. The second-order valence-corrected chi connectivity index (χ2v) is 7.23. The van der Waals surface area contributed by atoms with Gasteiger partial charge in [-0.05, 0) is 26.2 Å². The Kier molecular flexibility index (Phi) is 7.52. The molecule has 0 spiro atoms. The van der Waals surface area contributed by atoms with Crippen LogP contribution in [0.15, 0.2) is 4.99 Å². The van der Waals surface area contributed by atoms with Crippen molar-refractivity contribution >= 4 is 17.8 Å². The zero-order valence-electron chi connectivity index (χ0n) is 15.9. The number of carbonyl (C=O) groups is 2. The summed E-state index contributed by atoms with van der Waals surface area (Å²) < 4.78 is 0. The van der Waals surface area contributed by atoms with Gasteiger partial charge in [-0.1, -0.05) is 19.3 Å². The van der Waals surface area contributed by atoms with Crippen molar-refractivity contribution in [3.05, 3.63) is 0 Å². The van der Waals surface area contributed by atoms with Crippen LogP contribution in [0.2, 0.25) is 0 Å². The maximum atomic E-state index is 12.6. The maximum absolute atomic E-state index is 12.6. The molecule has 1 unspecified atom stereocenters. The van der Waals surface area contributed by atoms with Gasteiger partial charge in [0.2, 0.25) is 11.8 Å². The number of hydrogen-bond acceptors (Lipinski definition) is 3. The summed E-state index contributed by atoms with van der Waals surface area (Å²) in [5.41, 5.74) is 0. The molecular formula is C18H33N5O2. The Bertz CT molecular complexity index is 486. The van der Waals surface area contributed by atoms with Crippen molar-refractivity contribution in [3.8, 4) is 0 Å². The molecule has 1 heterocycles. The van der Waals surface area contributed by atoms with Gasteiger partial charge in [0.15, 0.2) is 5.96 Å². The third kappa shape index (κ3) is 5.90. The van der Waals surface area contributed by atoms with E-state index in [0.29, 0.717) is 11.9 Å². The van der Waals surface area contributed by atoms with E-state index in [1.54, 1.807) is 14.1 Å². The molecule has 2 N–H and O–H groups in total. The lowest BCUT2D eigenvalue weighted by Crippen LogP contribution is -2.46. The number of likely N-dealkylation sites (N-methyl/N-ethyl adjacent to an activating group) is 1. The zero-order valence-corrected chi connectivity index (χ0v) is 15.9. The Hall–Kier alpha value is -1.79. The van der Waals surface area contributed by atoms with Crippen LogP contribution >= 0.6 is 0 Å². The SMILES string of the molecule is CCNC(=NCC(=O)N(C)C)NC1CCN(C(=O)C2CCCCC2)C1. The number of likely N-dealkylation sites (tertiary alicyclic amines) is 1. The van der Waals surface area contributed by atoms with Gasteiger partial charge in [-0.25, -0.2) is 4.99 Å². The summed E-state index contributed by atoms with van der Waals surface area (Å²) in [4.78, 5) is 32.3. The van der Waals surface area contributed by atoms with Crippen LogP contribution in [-0.4, -0.2) is 73.9 Å². The van der Waals surface area contributed by atoms with Crippen molar-refractivity contribution < 1.29 is 9.59 Å². The first-order valence-corrected chi connectivity index (χ1v) is 9.55. The molecule has 1 atom stereocenters. The first kappa shape index (κ1) is 19.5. The molecule has 7 heteroatoms. The molecule has 2 aliphatic rings. The monoisotopic (exact) mass is 351 g/mol. The summed E-state index contributed by atoms with van der Waals surface area (Å²) in [7, 11) is 3.45. The number of aliphatic imine (C=N–C) groups is 1. The number of amides is 2. The highest BCUT2D eigenvalue weighted by molar-refractivity contribution is 5.85. The van der Waals surface area contributed by atoms with Crippen LogP contribution in [-0.2, 0) is 9.59 Å². The minimum absolute atomic E-state index is 0.0299. The van der Waals surface area contributed by atoms with Gasteiger partial charge in [0.1, 0.15) is 6.54 Å². The van der Waals surface area contributed by atoms with Gasteiger partial charge in [0.25, 0.3) is 0 Å². The second kappa shape index (κ2) is 9.63. The molecule has 0 bridgehead atoms. The molecular weight excluding hydrogens is 318 g/mol. The number of nitrogens with one attached hydrogen (secondary N) is 2. The summed E-state index contributed by atoms with van der Waals surface area (Å²) in [6, 6.07) is 0.194. The predicted octanol–water partition coefficient (Wildman–Crippen LogP) is 0.811. The molecule has 2 rings (SSSR count). The normalized spacial score (nSPS) is 22.0. The van der Waals surface area contributed by atoms with Gasteiger partial charge in [-0.3, -0.25) is 9.59 Å². The van der Waals surface area contributed by atoms with E-state index in [4.69, 9.17) is 0 Å². The summed E-state index contributed by atoms with van der Waals surface area (Å²) in [5, 5.41) is 6.55. The number of hydrogen-bond donors (Lipinski definition) is 2. The second-order valence-electron chi connectivity index (χ2n) is 7.23. The van der Waals surface area contributed by atoms with Gasteiger partial charge < -0.3 is 20.4 Å². The first-order valence-electron chi connectivity index (χ1n) is 9.55. The largest absolute Gasteiger partial charge is 0.357 e. The standard InChI is InChI=1S/C18H33N5O2/c1-4-19-18(20-12-16(24)22(2)3)21-15-10-11-23(13-15)17(25)14-8-6-5-7-9-14/h14-15H,4-13H2,1-3H3,(H2,19,20,21). The van der Waals surface area contributed by atoms with Crippen molar-refractivity contribution in [1.29, 1.82) is 0 Å². The zero-order chi connectivity index (χ0) is 18.2. The van der Waals surface area contributed by atoms with Crippen molar-refractivity contribution in [2.24, 2.45) is 10.9 Å². The summed E-state index contributed by atoms with van der Waals surface area (Å²) in [6.45, 7) is 4.39. The van der Waals surface area contributed by atoms with Crippen LogP contribution in [0.4, 0.5) is 0 Å². The van der Waals surface area contributed by atoms with Crippen LogP contribution in [0.5, 0.6) is 0 Å². The highest BCUT2D eigenvalue weighted by atomic mass is 16.2. The highest BCUT2D eigenvalue weighted by Gasteiger charge is 2.31. The molecule has 1 aliphatic heterocycles. The summed E-state index contributed by atoms with van der Waals surface area (Å²) in [6.07, 6.45) is 6.65. The minimum Gasteiger partial charge on any atom is -0.357 e. The molecule has 0 radical (unpaired) electrons. The molecule has 25 heavy (non-hydrogen) atoms. The molecule has 0 aromatic rings. The van der Waals surface area contributed by atoms with E-state index in [-0.39, 0.29) is 24.4 Å². The molecule has 7 nitrogen and oxygen atoms in total. The molecule has 2 fully saturated rings. The van der Waals surface area contributed by atoms with Crippen molar-refractivity contribution in [2.75, 3.05) is 40.3 Å². The summed E-state index contributed by atoms with van der Waals surface area (Å²) in [5.74, 6) is 1.17. The average molecular weight is 351 g/mol. The third-order valence-corrected chi connectivity index (χ3v) is 5.01. The van der Waals surface area contributed by atoms with Crippen LogP contribution in [0.25, 0.3) is 0 Å². The predicted molar refractivity (Wildman–Crippen MR) is 99.4 cm³/mol. The minimum atomic E-state index is -0.0299. The van der Waals surface area contributed by atoms with Crippen LogP contribution < -0.4 is 10.6 Å². The van der Waals surface area contributed by atoms with E-state index in [0.717, 1.165) is 38.9 Å². The topological polar surface area (TPSA) is 77.0 Å². The fraction of sp³-hybridized carbons (Fsp3) is 0.833. The lowest BCUT2D eigenvalue weighted by atomic mass is 9.88. The van der Waals surface area contributed by atoms with Gasteiger partial charge in [-0.15, -0.1) is 0 Å². The average Bonchev–Trinajstić information content (AvgIpc) is 3.08. The molecule has 2 amide bonds.